The first-order valence-corrected chi connectivity index (χ1v) is 6.99. The number of nitrogen functional groups attached to an aromatic ring is 1. The minimum absolute atomic E-state index is 0.415. The largest absolute Gasteiger partial charge is 0.496 e. The number of hydrogen-bond donors (Lipinski definition) is 1. The Balaban J connectivity index is 2.42. The van der Waals surface area contributed by atoms with E-state index in [1.165, 1.54) is 18.4 Å². The Morgan fingerprint density at radius 2 is 2.05 bits per heavy atom. The van der Waals surface area contributed by atoms with Crippen molar-refractivity contribution in [3.63, 3.8) is 0 Å². The molecule has 6 heteroatoms. The molecule has 2 N–H and O–H groups in total. The number of esters is 1. The first-order chi connectivity index (χ1) is 9.06. The number of anilines is 1. The first kappa shape index (κ1) is 13.9. The molecule has 0 atom stereocenters. The molecule has 0 aliphatic rings. The standard InChI is InChI=1S/C13H12BrNO3S/c1-17-10-4-3-7(5-8(10)14)11-6-9(15)12(19-11)13(16)18-2/h3-6H,15H2,1-2H3. The van der Waals surface area contributed by atoms with Gasteiger partial charge in [0, 0.05) is 4.88 Å². The normalized spacial score (nSPS) is 10.3. The van der Waals surface area contributed by atoms with Crippen molar-refractivity contribution in [1.29, 1.82) is 0 Å². The molecule has 0 fully saturated rings. The van der Waals surface area contributed by atoms with Gasteiger partial charge in [-0.25, -0.2) is 4.79 Å². The van der Waals surface area contributed by atoms with Gasteiger partial charge < -0.3 is 15.2 Å². The SMILES string of the molecule is COC(=O)c1sc(-c2ccc(OC)c(Br)c2)cc1N. The monoisotopic (exact) mass is 341 g/mol. The van der Waals surface area contributed by atoms with Gasteiger partial charge in [0.1, 0.15) is 10.6 Å². The molecule has 2 aromatic rings. The predicted molar refractivity (Wildman–Crippen MR) is 79.8 cm³/mol. The molecule has 0 aliphatic carbocycles. The van der Waals surface area contributed by atoms with Gasteiger partial charge in [0.05, 0.1) is 24.4 Å². The van der Waals surface area contributed by atoms with E-state index in [0.29, 0.717) is 10.6 Å². The summed E-state index contributed by atoms with van der Waals surface area (Å²) in [5.41, 5.74) is 7.21. The molecule has 0 saturated carbocycles. The maximum Gasteiger partial charge on any atom is 0.350 e. The Kier molecular flexibility index (Phi) is 4.11. The summed E-state index contributed by atoms with van der Waals surface area (Å²) in [7, 11) is 2.95. The zero-order chi connectivity index (χ0) is 14.0. The maximum atomic E-state index is 11.5. The predicted octanol–water partition coefficient (Wildman–Crippen LogP) is 3.56. The van der Waals surface area contributed by atoms with Gasteiger partial charge in [0.25, 0.3) is 0 Å². The zero-order valence-electron chi connectivity index (χ0n) is 10.4. The van der Waals surface area contributed by atoms with Crippen molar-refractivity contribution in [3.05, 3.63) is 33.6 Å². The van der Waals surface area contributed by atoms with E-state index in [2.05, 4.69) is 20.7 Å². The van der Waals surface area contributed by atoms with Crippen LogP contribution < -0.4 is 10.5 Å². The molecule has 0 unspecified atom stereocenters. The van der Waals surface area contributed by atoms with Gasteiger partial charge in [0.2, 0.25) is 0 Å². The van der Waals surface area contributed by atoms with E-state index in [1.807, 2.05) is 18.2 Å². The number of nitrogens with two attached hydrogens (primary N) is 1. The highest BCUT2D eigenvalue weighted by Gasteiger charge is 2.16. The molecule has 0 spiro atoms. The number of ether oxygens (including phenoxy) is 2. The maximum absolute atomic E-state index is 11.5. The highest BCUT2D eigenvalue weighted by atomic mass is 79.9. The molecule has 1 aromatic heterocycles. The van der Waals surface area contributed by atoms with Crippen LogP contribution >= 0.6 is 27.3 Å². The lowest BCUT2D eigenvalue weighted by molar-refractivity contribution is 0.0607. The van der Waals surface area contributed by atoms with Gasteiger partial charge in [-0.3, -0.25) is 0 Å². The zero-order valence-corrected chi connectivity index (χ0v) is 12.8. The average molecular weight is 342 g/mol. The van der Waals surface area contributed by atoms with Gasteiger partial charge in [-0.15, -0.1) is 11.3 Å². The van der Waals surface area contributed by atoms with Crippen LogP contribution in [0.5, 0.6) is 5.75 Å². The van der Waals surface area contributed by atoms with E-state index in [0.717, 1.165) is 20.7 Å². The second-order valence-corrected chi connectivity index (χ2v) is 5.64. The minimum atomic E-state index is -0.415. The van der Waals surface area contributed by atoms with Crippen LogP contribution in [0.15, 0.2) is 28.7 Å². The summed E-state index contributed by atoms with van der Waals surface area (Å²) >= 11 is 4.74. The van der Waals surface area contributed by atoms with Crippen LogP contribution in [0.4, 0.5) is 5.69 Å². The van der Waals surface area contributed by atoms with E-state index in [9.17, 15) is 4.79 Å². The fourth-order valence-electron chi connectivity index (χ4n) is 1.62. The number of rotatable bonds is 3. The van der Waals surface area contributed by atoms with Gasteiger partial charge >= 0.3 is 5.97 Å². The van der Waals surface area contributed by atoms with Crippen molar-refractivity contribution in [2.45, 2.75) is 0 Å². The van der Waals surface area contributed by atoms with Crippen molar-refractivity contribution in [2.24, 2.45) is 0 Å². The van der Waals surface area contributed by atoms with Gasteiger partial charge in [-0.1, -0.05) is 0 Å². The van der Waals surface area contributed by atoms with E-state index in [-0.39, 0.29) is 0 Å². The molecule has 19 heavy (non-hydrogen) atoms. The molecule has 0 amide bonds. The topological polar surface area (TPSA) is 61.5 Å². The fraction of sp³-hybridized carbons (Fsp3) is 0.154. The Morgan fingerprint density at radius 1 is 1.32 bits per heavy atom. The molecule has 100 valence electrons. The van der Waals surface area contributed by atoms with E-state index >= 15 is 0 Å². The third kappa shape index (κ3) is 2.74. The molecular weight excluding hydrogens is 330 g/mol. The Morgan fingerprint density at radius 3 is 2.63 bits per heavy atom. The lowest BCUT2D eigenvalue weighted by atomic mass is 10.2. The third-order valence-corrected chi connectivity index (χ3v) is 4.37. The summed E-state index contributed by atoms with van der Waals surface area (Å²) < 4.78 is 10.7. The summed E-state index contributed by atoms with van der Waals surface area (Å²) in [5, 5.41) is 0. The first-order valence-electron chi connectivity index (χ1n) is 5.38. The second kappa shape index (κ2) is 5.63. The van der Waals surface area contributed by atoms with Crippen LogP contribution in [0.3, 0.4) is 0 Å². The molecule has 0 aliphatic heterocycles. The smallest absolute Gasteiger partial charge is 0.350 e. The minimum Gasteiger partial charge on any atom is -0.496 e. The number of hydrogen-bond acceptors (Lipinski definition) is 5. The summed E-state index contributed by atoms with van der Waals surface area (Å²) in [6, 6.07) is 7.46. The fourth-order valence-corrected chi connectivity index (χ4v) is 3.15. The molecule has 1 heterocycles. The van der Waals surface area contributed by atoms with Crippen LogP contribution in [-0.2, 0) is 4.74 Å². The van der Waals surface area contributed by atoms with Crippen LogP contribution in [0.2, 0.25) is 0 Å². The summed E-state index contributed by atoms with van der Waals surface area (Å²) in [4.78, 5) is 12.8. The Bertz CT molecular complexity index is 624. The van der Waals surface area contributed by atoms with Crippen molar-refractivity contribution < 1.29 is 14.3 Å². The lowest BCUT2D eigenvalue weighted by Crippen LogP contribution is -2.00. The molecule has 1 aromatic carbocycles. The highest BCUT2D eigenvalue weighted by molar-refractivity contribution is 9.10. The van der Waals surface area contributed by atoms with E-state index in [1.54, 1.807) is 13.2 Å². The van der Waals surface area contributed by atoms with Crippen LogP contribution in [0.1, 0.15) is 9.67 Å². The molecule has 4 nitrogen and oxygen atoms in total. The van der Waals surface area contributed by atoms with Gasteiger partial charge in [-0.05, 0) is 45.8 Å². The Hall–Kier alpha value is -1.53. The Labute approximate surface area is 123 Å². The molecule has 0 saturated heterocycles. The molecular formula is C13H12BrNO3S. The van der Waals surface area contributed by atoms with Crippen molar-refractivity contribution in [2.75, 3.05) is 20.0 Å². The van der Waals surface area contributed by atoms with Crippen LogP contribution in [-0.4, -0.2) is 20.2 Å². The molecule has 0 radical (unpaired) electrons. The molecule has 2 rings (SSSR count). The number of carbonyl (C=O) groups is 1. The van der Waals surface area contributed by atoms with Crippen molar-refractivity contribution in [1.82, 2.24) is 0 Å². The number of halogens is 1. The van der Waals surface area contributed by atoms with Crippen molar-refractivity contribution in [3.8, 4) is 16.2 Å². The summed E-state index contributed by atoms with van der Waals surface area (Å²) in [5.74, 6) is 0.336. The number of benzene rings is 1. The van der Waals surface area contributed by atoms with Crippen LogP contribution in [0, 0.1) is 0 Å². The summed E-state index contributed by atoms with van der Waals surface area (Å²) in [6.07, 6.45) is 0. The van der Waals surface area contributed by atoms with Crippen LogP contribution in [0.25, 0.3) is 10.4 Å². The van der Waals surface area contributed by atoms with E-state index in [4.69, 9.17) is 10.5 Å². The highest BCUT2D eigenvalue weighted by Crippen LogP contribution is 2.36. The van der Waals surface area contributed by atoms with E-state index < -0.39 is 5.97 Å². The number of methoxy groups -OCH3 is 2. The lowest BCUT2D eigenvalue weighted by Gasteiger charge is -2.04. The average Bonchev–Trinajstić information content (AvgIpc) is 2.80. The summed E-state index contributed by atoms with van der Waals surface area (Å²) in [6.45, 7) is 0. The second-order valence-electron chi connectivity index (χ2n) is 3.74. The molecule has 0 bridgehead atoms. The number of thiophene rings is 1. The van der Waals surface area contributed by atoms with Gasteiger partial charge in [-0.2, -0.15) is 0 Å². The third-order valence-electron chi connectivity index (χ3n) is 2.57. The van der Waals surface area contributed by atoms with Crippen molar-refractivity contribution >= 4 is 38.9 Å². The quantitative estimate of drug-likeness (QED) is 0.867. The number of carbonyl (C=O) groups excluding carboxylic acids is 1. The van der Waals surface area contributed by atoms with Gasteiger partial charge in [0.15, 0.2) is 0 Å².